The fourth-order valence-corrected chi connectivity index (χ4v) is 5.15. The monoisotopic (exact) mass is 519 g/mol. The normalized spacial score (nSPS) is 12.1. The average Bonchev–Trinajstić information content (AvgIpc) is 2.91. The smallest absolute Gasteiger partial charge is 0.266 e. The van der Waals surface area contributed by atoms with Gasteiger partial charge in [0.05, 0.1) is 22.6 Å². The Bertz CT molecular complexity index is 1250. The number of benzene rings is 2. The zero-order valence-electron chi connectivity index (χ0n) is 24.0. The first-order chi connectivity index (χ1) is 18.4. The van der Waals surface area contributed by atoms with Crippen LogP contribution in [0.3, 0.4) is 0 Å². The molecule has 6 nitrogen and oxygen atoms in total. The van der Waals surface area contributed by atoms with E-state index in [1.54, 1.807) is 11.7 Å². The number of nitrogens with zero attached hydrogens (tertiary/aromatic N) is 3. The van der Waals surface area contributed by atoms with Crippen LogP contribution in [0.15, 0.2) is 47.3 Å². The summed E-state index contributed by atoms with van der Waals surface area (Å²) in [6, 6.07) is 13.1. The van der Waals surface area contributed by atoms with E-state index in [0.717, 1.165) is 36.1 Å². The van der Waals surface area contributed by atoms with Crippen molar-refractivity contribution in [2.45, 2.75) is 91.5 Å². The summed E-state index contributed by atoms with van der Waals surface area (Å²) < 4.78 is 7.01. The summed E-state index contributed by atoms with van der Waals surface area (Å²) in [4.78, 5) is 34.3. The molecule has 0 spiro atoms. The van der Waals surface area contributed by atoms with Crippen LogP contribution in [0.5, 0.6) is 0 Å². The quantitative estimate of drug-likeness (QED) is 0.201. The molecule has 3 rings (SSSR count). The number of methoxy groups -OCH3 is 1. The highest BCUT2D eigenvalue weighted by Gasteiger charge is 2.27. The van der Waals surface area contributed by atoms with Crippen LogP contribution >= 0.6 is 0 Å². The predicted molar refractivity (Wildman–Crippen MR) is 156 cm³/mol. The topological polar surface area (TPSA) is 64.4 Å². The lowest BCUT2D eigenvalue weighted by Gasteiger charge is -2.31. The molecule has 3 aromatic rings. The minimum atomic E-state index is -0.373. The van der Waals surface area contributed by atoms with Gasteiger partial charge in [-0.1, -0.05) is 75.3 Å². The lowest BCUT2D eigenvalue weighted by molar-refractivity contribution is -0.134. The lowest BCUT2D eigenvalue weighted by Crippen LogP contribution is -2.38. The summed E-state index contributed by atoms with van der Waals surface area (Å²) in [5, 5.41) is 0.573. The number of aryl methyl sites for hydroxylation is 2. The fourth-order valence-electron chi connectivity index (χ4n) is 5.15. The van der Waals surface area contributed by atoms with Crippen molar-refractivity contribution in [3.63, 3.8) is 0 Å². The van der Waals surface area contributed by atoms with Gasteiger partial charge in [-0.15, -0.1) is 0 Å². The maximum Gasteiger partial charge on any atom is 0.266 e. The van der Waals surface area contributed by atoms with Crippen molar-refractivity contribution in [2.75, 3.05) is 20.3 Å². The first-order valence-electron chi connectivity index (χ1n) is 14.3. The Balaban J connectivity index is 1.96. The van der Waals surface area contributed by atoms with E-state index in [-0.39, 0.29) is 17.5 Å². The van der Waals surface area contributed by atoms with Crippen LogP contribution in [0.4, 0.5) is 0 Å². The molecule has 6 heteroatoms. The standard InChI is InChI=1S/C32H45N3O3/c1-6-7-8-9-10-11-12-18-30(36)34(21-15-22-38-5)26(4)31-33-28-17-14-13-16-27(28)32(37)35(31)29-20-19-24(2)23-25(29)3/h13-14,16-17,19-20,23,26H,6-12,15,18,21-22H2,1-5H3. The molecular weight excluding hydrogens is 474 g/mol. The van der Waals surface area contributed by atoms with Crippen molar-refractivity contribution < 1.29 is 9.53 Å². The molecule has 0 radical (unpaired) electrons. The van der Waals surface area contributed by atoms with E-state index < -0.39 is 0 Å². The molecule has 0 N–H and O–H groups in total. The van der Waals surface area contributed by atoms with Gasteiger partial charge >= 0.3 is 0 Å². The summed E-state index contributed by atoms with van der Waals surface area (Å²) in [7, 11) is 1.68. The van der Waals surface area contributed by atoms with Crippen LogP contribution in [-0.2, 0) is 9.53 Å². The maximum atomic E-state index is 13.9. The lowest BCUT2D eigenvalue weighted by atomic mass is 10.1. The van der Waals surface area contributed by atoms with E-state index in [1.807, 2.05) is 62.1 Å². The average molecular weight is 520 g/mol. The molecule has 206 valence electrons. The second kappa shape index (κ2) is 14.8. The van der Waals surface area contributed by atoms with Crippen LogP contribution in [0.1, 0.15) is 94.6 Å². The van der Waals surface area contributed by atoms with Crippen LogP contribution in [-0.4, -0.2) is 40.6 Å². The summed E-state index contributed by atoms with van der Waals surface area (Å²) in [6.07, 6.45) is 9.38. The van der Waals surface area contributed by atoms with Crippen molar-refractivity contribution in [1.82, 2.24) is 14.5 Å². The summed E-state index contributed by atoms with van der Waals surface area (Å²) in [6.45, 7) is 9.40. The van der Waals surface area contributed by atoms with Crippen LogP contribution in [0.25, 0.3) is 16.6 Å². The second-order valence-electron chi connectivity index (χ2n) is 10.4. The number of hydrogen-bond donors (Lipinski definition) is 0. The number of carbonyl (C=O) groups is 1. The van der Waals surface area contributed by atoms with Crippen molar-refractivity contribution in [3.05, 3.63) is 69.8 Å². The van der Waals surface area contributed by atoms with Crippen LogP contribution in [0.2, 0.25) is 0 Å². The number of aromatic nitrogens is 2. The zero-order chi connectivity index (χ0) is 27.5. The second-order valence-corrected chi connectivity index (χ2v) is 10.4. The Morgan fingerprint density at radius 3 is 2.42 bits per heavy atom. The largest absolute Gasteiger partial charge is 0.385 e. The molecule has 2 aromatic carbocycles. The van der Waals surface area contributed by atoms with E-state index in [1.165, 1.54) is 32.1 Å². The van der Waals surface area contributed by atoms with Gasteiger partial charge in [-0.25, -0.2) is 4.98 Å². The molecule has 0 aliphatic carbocycles. The van der Waals surface area contributed by atoms with Crippen LogP contribution < -0.4 is 5.56 Å². The molecule has 38 heavy (non-hydrogen) atoms. The van der Waals surface area contributed by atoms with Gasteiger partial charge in [0.1, 0.15) is 5.82 Å². The highest BCUT2D eigenvalue weighted by atomic mass is 16.5. The van der Waals surface area contributed by atoms with Gasteiger partial charge in [0.25, 0.3) is 5.56 Å². The minimum absolute atomic E-state index is 0.108. The number of carbonyl (C=O) groups excluding carboxylic acids is 1. The van der Waals surface area contributed by atoms with Gasteiger partial charge in [-0.3, -0.25) is 14.2 Å². The van der Waals surface area contributed by atoms with Crippen molar-refractivity contribution in [3.8, 4) is 5.69 Å². The summed E-state index contributed by atoms with van der Waals surface area (Å²) in [5.74, 6) is 0.697. The number of rotatable bonds is 15. The predicted octanol–water partition coefficient (Wildman–Crippen LogP) is 7.07. The molecule has 1 unspecified atom stereocenters. The number of fused-ring (bicyclic) bond motifs is 1. The fraction of sp³-hybridized carbons (Fsp3) is 0.531. The molecule has 1 heterocycles. The first-order valence-corrected chi connectivity index (χ1v) is 14.3. The molecule has 0 bridgehead atoms. The van der Waals surface area contributed by atoms with E-state index >= 15 is 0 Å². The van der Waals surface area contributed by atoms with E-state index in [9.17, 15) is 9.59 Å². The molecule has 0 saturated carbocycles. The van der Waals surface area contributed by atoms with E-state index in [4.69, 9.17) is 9.72 Å². The Morgan fingerprint density at radius 2 is 1.71 bits per heavy atom. The maximum absolute atomic E-state index is 13.9. The van der Waals surface area contributed by atoms with E-state index in [0.29, 0.717) is 36.3 Å². The third-order valence-corrected chi connectivity index (χ3v) is 7.30. The number of amides is 1. The third kappa shape index (κ3) is 7.53. The molecule has 1 aromatic heterocycles. The zero-order valence-corrected chi connectivity index (χ0v) is 24.0. The van der Waals surface area contributed by atoms with Gasteiger partial charge in [-0.05, 0) is 57.4 Å². The molecule has 0 saturated heterocycles. The van der Waals surface area contributed by atoms with Crippen molar-refractivity contribution in [1.29, 1.82) is 0 Å². The van der Waals surface area contributed by atoms with Crippen molar-refractivity contribution >= 4 is 16.8 Å². The van der Waals surface area contributed by atoms with Gasteiger partial charge in [0, 0.05) is 26.7 Å². The third-order valence-electron chi connectivity index (χ3n) is 7.30. The Hall–Kier alpha value is -2.99. The van der Waals surface area contributed by atoms with Crippen molar-refractivity contribution in [2.24, 2.45) is 0 Å². The van der Waals surface area contributed by atoms with E-state index in [2.05, 4.69) is 13.0 Å². The van der Waals surface area contributed by atoms with Gasteiger partial charge in [0.2, 0.25) is 5.91 Å². The van der Waals surface area contributed by atoms with Gasteiger partial charge < -0.3 is 9.64 Å². The molecule has 1 atom stereocenters. The number of hydrogen-bond acceptors (Lipinski definition) is 4. The highest BCUT2D eigenvalue weighted by molar-refractivity contribution is 5.79. The molecular formula is C32H45N3O3. The first kappa shape index (κ1) is 29.6. The molecule has 0 fully saturated rings. The molecule has 1 amide bonds. The number of unbranched alkanes of at least 4 members (excludes halogenated alkanes) is 6. The highest BCUT2D eigenvalue weighted by Crippen LogP contribution is 2.26. The SMILES string of the molecule is CCCCCCCCCC(=O)N(CCCOC)C(C)c1nc2ccccc2c(=O)n1-c1ccc(C)cc1C. The van der Waals surface area contributed by atoms with Gasteiger partial charge in [0.15, 0.2) is 0 Å². The Morgan fingerprint density at radius 1 is 1.00 bits per heavy atom. The Kier molecular flexibility index (Phi) is 11.5. The number of para-hydroxylation sites is 1. The molecule has 0 aliphatic heterocycles. The summed E-state index contributed by atoms with van der Waals surface area (Å²) >= 11 is 0. The number of ether oxygens (including phenoxy) is 1. The Labute approximate surface area is 228 Å². The van der Waals surface area contributed by atoms with Crippen LogP contribution in [0, 0.1) is 13.8 Å². The minimum Gasteiger partial charge on any atom is -0.385 e. The summed E-state index contributed by atoms with van der Waals surface area (Å²) in [5.41, 5.74) is 3.47. The van der Waals surface area contributed by atoms with Gasteiger partial charge in [-0.2, -0.15) is 0 Å². The molecule has 0 aliphatic rings.